The molecule has 2 heterocycles. The molecule has 0 aliphatic carbocycles. The first-order valence-corrected chi connectivity index (χ1v) is 6.29. The quantitative estimate of drug-likeness (QED) is 0.743. The van der Waals surface area contributed by atoms with Crippen LogP contribution in [0.1, 0.15) is 25.7 Å². The van der Waals surface area contributed by atoms with E-state index in [1.807, 2.05) is 23.9 Å². The number of rotatable bonds is 2. The number of carboxylic acid groups (broad SMARTS) is 2. The smallest absolute Gasteiger partial charge is 0.320 e. The van der Waals surface area contributed by atoms with Gasteiger partial charge in [-0.3, -0.25) is 19.4 Å². The summed E-state index contributed by atoms with van der Waals surface area (Å²) < 4.78 is 0. The summed E-state index contributed by atoms with van der Waals surface area (Å²) in [7, 11) is 3.71. The van der Waals surface area contributed by atoms with Crippen molar-refractivity contribution in [2.24, 2.45) is 0 Å². The normalized spacial score (nSPS) is 28.8. The van der Waals surface area contributed by atoms with Crippen LogP contribution in [0, 0.1) is 0 Å². The molecule has 2 rings (SSSR count). The molecular weight excluding hydrogens is 236 g/mol. The maximum absolute atomic E-state index is 10.4. The molecule has 2 atom stereocenters. The van der Waals surface area contributed by atoms with Crippen molar-refractivity contribution >= 4 is 11.9 Å². The Bertz CT molecular complexity index is 278. The Labute approximate surface area is 107 Å². The highest BCUT2D eigenvalue weighted by Crippen LogP contribution is 2.14. The maximum atomic E-state index is 10.4. The third kappa shape index (κ3) is 3.96. The molecule has 104 valence electrons. The zero-order chi connectivity index (χ0) is 13.7. The number of aliphatic carboxylic acids is 2. The predicted octanol–water partition coefficient (Wildman–Crippen LogP) is 0.330. The van der Waals surface area contributed by atoms with Gasteiger partial charge >= 0.3 is 11.9 Å². The van der Waals surface area contributed by atoms with Crippen molar-refractivity contribution in [3.05, 3.63) is 0 Å². The van der Waals surface area contributed by atoms with Crippen LogP contribution in [0.25, 0.3) is 0 Å². The molecular formula is C12H22N2O4. The molecule has 0 radical (unpaired) electrons. The lowest BCUT2D eigenvalue weighted by Gasteiger charge is -2.13. The number of hydrogen-bond donors (Lipinski definition) is 2. The summed E-state index contributed by atoms with van der Waals surface area (Å²) in [5.74, 6) is -1.37. The van der Waals surface area contributed by atoms with Crippen LogP contribution in [0.4, 0.5) is 0 Å². The molecule has 6 heteroatoms. The summed E-state index contributed by atoms with van der Waals surface area (Å²) in [6.07, 6.45) is 3.67. The van der Waals surface area contributed by atoms with Crippen molar-refractivity contribution < 1.29 is 19.8 Å². The third-order valence-electron chi connectivity index (χ3n) is 3.61. The summed E-state index contributed by atoms with van der Waals surface area (Å²) in [5, 5.41) is 17.1. The van der Waals surface area contributed by atoms with E-state index in [9.17, 15) is 9.59 Å². The molecule has 2 aliphatic heterocycles. The second-order valence-corrected chi connectivity index (χ2v) is 4.95. The molecule has 0 aromatic rings. The summed E-state index contributed by atoms with van der Waals surface area (Å²) in [6.45, 7) is 1.86. The molecule has 2 N–H and O–H groups in total. The third-order valence-corrected chi connectivity index (χ3v) is 3.61. The summed E-state index contributed by atoms with van der Waals surface area (Å²) in [5.41, 5.74) is 0. The van der Waals surface area contributed by atoms with Gasteiger partial charge in [0.1, 0.15) is 12.1 Å². The van der Waals surface area contributed by atoms with Crippen molar-refractivity contribution in [1.29, 1.82) is 0 Å². The fourth-order valence-electron chi connectivity index (χ4n) is 2.44. The van der Waals surface area contributed by atoms with Crippen LogP contribution in [-0.4, -0.2) is 71.2 Å². The van der Waals surface area contributed by atoms with Crippen LogP contribution < -0.4 is 0 Å². The van der Waals surface area contributed by atoms with Crippen molar-refractivity contribution in [1.82, 2.24) is 9.80 Å². The van der Waals surface area contributed by atoms with Crippen molar-refractivity contribution in [2.45, 2.75) is 37.8 Å². The minimum Gasteiger partial charge on any atom is -0.480 e. The molecule has 0 bridgehead atoms. The predicted molar refractivity (Wildman–Crippen MR) is 66.6 cm³/mol. The van der Waals surface area contributed by atoms with Gasteiger partial charge in [0, 0.05) is 0 Å². The average Bonchev–Trinajstić information content (AvgIpc) is 2.87. The second kappa shape index (κ2) is 6.70. The standard InChI is InChI=1S/2C6H11NO2/c2*1-7-4-2-3-5(7)6(8)9/h2*5H,2-4H2,1H3,(H,8,9)/t2*5-/m00/s1. The van der Waals surface area contributed by atoms with Gasteiger partial charge in [0.05, 0.1) is 0 Å². The number of carboxylic acids is 2. The van der Waals surface area contributed by atoms with E-state index in [0.29, 0.717) is 0 Å². The van der Waals surface area contributed by atoms with Crippen LogP contribution in [0.5, 0.6) is 0 Å². The lowest BCUT2D eigenvalue weighted by molar-refractivity contribution is -0.142. The van der Waals surface area contributed by atoms with Crippen molar-refractivity contribution in [3.63, 3.8) is 0 Å². The Morgan fingerprint density at radius 1 is 0.889 bits per heavy atom. The first-order chi connectivity index (χ1) is 8.43. The Balaban J connectivity index is 0.000000180. The monoisotopic (exact) mass is 258 g/mol. The molecule has 0 spiro atoms. The van der Waals surface area contributed by atoms with Gasteiger partial charge in [0.2, 0.25) is 0 Å². The molecule has 0 aromatic heterocycles. The van der Waals surface area contributed by atoms with Gasteiger partial charge in [-0.25, -0.2) is 0 Å². The summed E-state index contributed by atoms with van der Waals surface area (Å²) >= 11 is 0. The van der Waals surface area contributed by atoms with E-state index in [0.717, 1.165) is 38.8 Å². The van der Waals surface area contributed by atoms with E-state index >= 15 is 0 Å². The van der Waals surface area contributed by atoms with E-state index in [-0.39, 0.29) is 12.1 Å². The Hall–Kier alpha value is -1.14. The van der Waals surface area contributed by atoms with E-state index in [4.69, 9.17) is 10.2 Å². The lowest BCUT2D eigenvalue weighted by Crippen LogP contribution is -2.32. The molecule has 2 aliphatic rings. The van der Waals surface area contributed by atoms with E-state index in [2.05, 4.69) is 0 Å². The molecule has 18 heavy (non-hydrogen) atoms. The zero-order valence-corrected chi connectivity index (χ0v) is 11.0. The molecule has 0 saturated carbocycles. The van der Waals surface area contributed by atoms with Gasteiger partial charge in [-0.2, -0.15) is 0 Å². The van der Waals surface area contributed by atoms with Gasteiger partial charge in [0.15, 0.2) is 0 Å². The number of likely N-dealkylation sites (tertiary alicyclic amines) is 2. The maximum Gasteiger partial charge on any atom is 0.320 e. The molecule has 6 nitrogen and oxygen atoms in total. The summed E-state index contributed by atoms with van der Waals surface area (Å²) in [6, 6.07) is -0.435. The highest BCUT2D eigenvalue weighted by Gasteiger charge is 2.27. The minimum absolute atomic E-state index is 0.218. The Morgan fingerprint density at radius 2 is 1.22 bits per heavy atom. The van der Waals surface area contributed by atoms with Gasteiger partial charge in [-0.15, -0.1) is 0 Å². The molecule has 2 saturated heterocycles. The number of hydrogen-bond acceptors (Lipinski definition) is 4. The largest absolute Gasteiger partial charge is 0.480 e. The van der Waals surface area contributed by atoms with Crippen LogP contribution >= 0.6 is 0 Å². The average molecular weight is 258 g/mol. The fraction of sp³-hybridized carbons (Fsp3) is 0.833. The first kappa shape index (κ1) is 14.9. The van der Waals surface area contributed by atoms with E-state index in [1.54, 1.807) is 0 Å². The van der Waals surface area contributed by atoms with Crippen molar-refractivity contribution in [3.8, 4) is 0 Å². The summed E-state index contributed by atoms with van der Waals surface area (Å²) in [4.78, 5) is 24.5. The second-order valence-electron chi connectivity index (χ2n) is 4.95. The topological polar surface area (TPSA) is 81.1 Å². The van der Waals surface area contributed by atoms with Crippen LogP contribution in [0.2, 0.25) is 0 Å². The minimum atomic E-state index is -0.685. The lowest BCUT2D eigenvalue weighted by atomic mass is 10.2. The van der Waals surface area contributed by atoms with Gasteiger partial charge in [-0.05, 0) is 52.9 Å². The van der Waals surface area contributed by atoms with E-state index < -0.39 is 11.9 Å². The van der Waals surface area contributed by atoms with Gasteiger partial charge in [-0.1, -0.05) is 0 Å². The zero-order valence-electron chi connectivity index (χ0n) is 11.0. The van der Waals surface area contributed by atoms with Gasteiger partial charge < -0.3 is 10.2 Å². The molecule has 0 amide bonds. The van der Waals surface area contributed by atoms with E-state index in [1.165, 1.54) is 0 Å². The Kier molecular flexibility index (Phi) is 5.55. The highest BCUT2D eigenvalue weighted by molar-refractivity contribution is 5.74. The Morgan fingerprint density at radius 3 is 1.33 bits per heavy atom. The van der Waals surface area contributed by atoms with Crippen LogP contribution in [-0.2, 0) is 9.59 Å². The number of carbonyl (C=O) groups is 2. The number of nitrogens with zero attached hydrogens (tertiary/aromatic N) is 2. The van der Waals surface area contributed by atoms with Crippen LogP contribution in [0.15, 0.2) is 0 Å². The molecule has 0 unspecified atom stereocenters. The molecule has 0 aromatic carbocycles. The van der Waals surface area contributed by atoms with Gasteiger partial charge in [0.25, 0.3) is 0 Å². The molecule has 2 fully saturated rings. The highest BCUT2D eigenvalue weighted by atomic mass is 16.4. The van der Waals surface area contributed by atoms with Crippen molar-refractivity contribution in [2.75, 3.05) is 27.2 Å². The SMILES string of the molecule is CN1CCC[C@H]1C(=O)O.CN1CCC[C@H]1C(=O)O. The first-order valence-electron chi connectivity index (χ1n) is 6.29. The number of likely N-dealkylation sites (N-methyl/N-ethyl adjacent to an activating group) is 2. The fourth-order valence-corrected chi connectivity index (χ4v) is 2.44. The van der Waals surface area contributed by atoms with Crippen LogP contribution in [0.3, 0.4) is 0 Å².